The maximum atomic E-state index is 13.7. The molecule has 0 unspecified atom stereocenters. The Morgan fingerprint density at radius 1 is 1.03 bits per heavy atom. The van der Waals surface area contributed by atoms with Gasteiger partial charge in [-0.1, -0.05) is 17.3 Å². The fourth-order valence-electron chi connectivity index (χ4n) is 3.76. The molecular formula is C23H21F6N3O3. The Hall–Kier alpha value is -3.12. The number of nitrogens with one attached hydrogen (secondary N) is 1. The van der Waals surface area contributed by atoms with E-state index in [2.05, 4.69) is 15.5 Å². The van der Waals surface area contributed by atoms with Gasteiger partial charge in [-0.15, -0.1) is 0 Å². The number of benzene rings is 2. The number of hydrogen-bond donors (Lipinski definition) is 2. The van der Waals surface area contributed by atoms with E-state index >= 15 is 0 Å². The molecule has 0 amide bonds. The third-order valence-electron chi connectivity index (χ3n) is 5.59. The van der Waals surface area contributed by atoms with Gasteiger partial charge in [-0.2, -0.15) is 31.3 Å². The van der Waals surface area contributed by atoms with E-state index in [1.165, 1.54) is 18.2 Å². The minimum absolute atomic E-state index is 0.0553. The molecule has 4 rings (SSSR count). The Morgan fingerprint density at radius 2 is 1.77 bits per heavy atom. The molecule has 0 radical (unpaired) electrons. The molecule has 3 aromatic rings. The van der Waals surface area contributed by atoms with Crippen molar-refractivity contribution in [2.24, 2.45) is 0 Å². The third kappa shape index (κ3) is 5.93. The van der Waals surface area contributed by atoms with Crippen LogP contribution in [0, 0.1) is 0 Å². The number of hydrogen-bond acceptors (Lipinski definition) is 6. The van der Waals surface area contributed by atoms with Gasteiger partial charge in [0.1, 0.15) is 11.8 Å². The number of nitrogens with zero attached hydrogens (tertiary/aromatic N) is 2. The highest BCUT2D eigenvalue weighted by molar-refractivity contribution is 5.59. The molecule has 0 bridgehead atoms. The van der Waals surface area contributed by atoms with Crippen LogP contribution in [0.25, 0.3) is 11.4 Å². The van der Waals surface area contributed by atoms with Crippen molar-refractivity contribution in [3.63, 3.8) is 0 Å². The number of aliphatic hydroxyl groups is 1. The number of alkyl halides is 6. The molecule has 1 saturated heterocycles. The van der Waals surface area contributed by atoms with E-state index in [-0.39, 0.29) is 29.6 Å². The predicted molar refractivity (Wildman–Crippen MR) is 111 cm³/mol. The summed E-state index contributed by atoms with van der Waals surface area (Å²) >= 11 is 0. The lowest BCUT2D eigenvalue weighted by molar-refractivity contribution is -0.139. The molecule has 12 heteroatoms. The Balaban J connectivity index is 1.42. The Kier molecular flexibility index (Phi) is 7.04. The number of aryl methyl sites for hydroxylation is 1. The fraction of sp³-hybridized carbons (Fsp3) is 0.391. The lowest BCUT2D eigenvalue weighted by Crippen LogP contribution is -2.21. The highest BCUT2D eigenvalue weighted by atomic mass is 19.4. The van der Waals surface area contributed by atoms with E-state index in [0.717, 1.165) is 24.3 Å². The van der Waals surface area contributed by atoms with Gasteiger partial charge in [0, 0.05) is 5.56 Å². The minimum Gasteiger partial charge on any atom is -0.493 e. The van der Waals surface area contributed by atoms with Crippen molar-refractivity contribution >= 4 is 0 Å². The van der Waals surface area contributed by atoms with Gasteiger partial charge in [0.05, 0.1) is 23.8 Å². The zero-order chi connectivity index (χ0) is 25.2. The lowest BCUT2D eigenvalue weighted by Gasteiger charge is -2.15. The highest BCUT2D eigenvalue weighted by Gasteiger charge is 2.36. The summed E-state index contributed by atoms with van der Waals surface area (Å²) in [5.74, 6) is -0.354. The van der Waals surface area contributed by atoms with Gasteiger partial charge in [0.15, 0.2) is 0 Å². The molecule has 0 saturated carbocycles. The summed E-state index contributed by atoms with van der Waals surface area (Å²) in [6.45, 7) is 0.480. The first-order valence-electron chi connectivity index (χ1n) is 10.8. The zero-order valence-corrected chi connectivity index (χ0v) is 18.2. The van der Waals surface area contributed by atoms with Gasteiger partial charge in [0.2, 0.25) is 11.7 Å². The number of halogens is 6. The average Bonchev–Trinajstić information content (AvgIpc) is 3.45. The second-order valence-electron chi connectivity index (χ2n) is 8.10. The number of aliphatic hydroxyl groups excluding tert-OH is 1. The standard InChI is InChI=1S/C23H21F6N3O3/c24-22(25,26)15-6-3-13(4-7-15)2-1-11-34-18-8-5-14(12-16(18)23(27,28)29)20-31-21(35-32-20)19-17(33)9-10-30-19/h3-8,12,17,19,30,33H,1-2,9-11H2/t17-,19-/m0/s1. The molecule has 0 aliphatic carbocycles. The maximum Gasteiger partial charge on any atom is 0.419 e. The van der Waals surface area contributed by atoms with Crippen molar-refractivity contribution in [2.75, 3.05) is 13.2 Å². The number of rotatable bonds is 7. The molecule has 1 aromatic heterocycles. The monoisotopic (exact) mass is 501 g/mol. The second kappa shape index (κ2) is 9.86. The lowest BCUT2D eigenvalue weighted by atomic mass is 10.1. The van der Waals surface area contributed by atoms with Crippen LogP contribution in [-0.2, 0) is 18.8 Å². The summed E-state index contributed by atoms with van der Waals surface area (Å²) in [7, 11) is 0. The molecule has 6 nitrogen and oxygen atoms in total. The van der Waals surface area contributed by atoms with Crippen molar-refractivity contribution in [2.45, 2.75) is 43.8 Å². The van der Waals surface area contributed by atoms with Crippen LogP contribution >= 0.6 is 0 Å². The van der Waals surface area contributed by atoms with Gasteiger partial charge in [0.25, 0.3) is 0 Å². The molecule has 1 aliphatic heterocycles. The molecule has 188 valence electrons. The zero-order valence-electron chi connectivity index (χ0n) is 18.2. The summed E-state index contributed by atoms with van der Waals surface area (Å²) < 4.78 is 89.4. The molecule has 2 atom stereocenters. The van der Waals surface area contributed by atoms with Crippen molar-refractivity contribution in [3.05, 3.63) is 65.0 Å². The van der Waals surface area contributed by atoms with Gasteiger partial charge in [-0.3, -0.25) is 0 Å². The van der Waals surface area contributed by atoms with Crippen molar-refractivity contribution in [1.82, 2.24) is 15.5 Å². The normalized spacial score (nSPS) is 18.7. The second-order valence-corrected chi connectivity index (χ2v) is 8.10. The van der Waals surface area contributed by atoms with Crippen LogP contribution in [0.5, 0.6) is 5.75 Å². The highest BCUT2D eigenvalue weighted by Crippen LogP contribution is 2.39. The minimum atomic E-state index is -4.71. The van der Waals surface area contributed by atoms with E-state index in [0.29, 0.717) is 31.4 Å². The van der Waals surface area contributed by atoms with Gasteiger partial charge >= 0.3 is 12.4 Å². The summed E-state index contributed by atoms with van der Waals surface area (Å²) in [5, 5.41) is 16.6. The Morgan fingerprint density at radius 3 is 2.40 bits per heavy atom. The Labute approximate surface area is 195 Å². The van der Waals surface area contributed by atoms with Crippen LogP contribution < -0.4 is 10.1 Å². The molecular weight excluding hydrogens is 480 g/mol. The predicted octanol–water partition coefficient (Wildman–Crippen LogP) is 5.18. The fourth-order valence-corrected chi connectivity index (χ4v) is 3.76. The summed E-state index contributed by atoms with van der Waals surface area (Å²) in [6.07, 6.45) is -8.74. The van der Waals surface area contributed by atoms with Crippen LogP contribution in [0.15, 0.2) is 47.0 Å². The van der Waals surface area contributed by atoms with E-state index in [1.807, 2.05) is 0 Å². The molecule has 2 aromatic carbocycles. The first-order valence-corrected chi connectivity index (χ1v) is 10.8. The number of ether oxygens (including phenoxy) is 1. The Bertz CT molecular complexity index is 1140. The van der Waals surface area contributed by atoms with Crippen LogP contribution in [-0.4, -0.2) is 34.5 Å². The first kappa shape index (κ1) is 25.0. The molecule has 2 heterocycles. The first-order chi connectivity index (χ1) is 16.5. The van der Waals surface area contributed by atoms with Crippen LogP contribution in [0.2, 0.25) is 0 Å². The van der Waals surface area contributed by atoms with Crippen LogP contribution in [0.3, 0.4) is 0 Å². The van der Waals surface area contributed by atoms with Gasteiger partial charge < -0.3 is 19.7 Å². The van der Waals surface area contributed by atoms with Crippen molar-refractivity contribution < 1.29 is 40.7 Å². The van der Waals surface area contributed by atoms with Crippen LogP contribution in [0.1, 0.15) is 41.5 Å². The van der Waals surface area contributed by atoms with Gasteiger partial charge in [-0.25, -0.2) is 0 Å². The summed E-state index contributed by atoms with van der Waals surface area (Å²) in [4.78, 5) is 4.12. The summed E-state index contributed by atoms with van der Waals surface area (Å²) in [6, 6.07) is 7.40. The largest absolute Gasteiger partial charge is 0.493 e. The third-order valence-corrected chi connectivity index (χ3v) is 5.59. The molecule has 1 fully saturated rings. The number of aromatic nitrogens is 2. The molecule has 0 spiro atoms. The van der Waals surface area contributed by atoms with Crippen LogP contribution in [0.4, 0.5) is 26.3 Å². The summed E-state index contributed by atoms with van der Waals surface area (Å²) in [5.41, 5.74) is -1.11. The van der Waals surface area contributed by atoms with E-state index in [1.54, 1.807) is 0 Å². The van der Waals surface area contributed by atoms with E-state index in [4.69, 9.17) is 9.26 Å². The smallest absolute Gasteiger partial charge is 0.419 e. The van der Waals surface area contributed by atoms with E-state index in [9.17, 15) is 31.4 Å². The average molecular weight is 501 g/mol. The molecule has 1 aliphatic rings. The quantitative estimate of drug-likeness (QED) is 0.343. The molecule has 35 heavy (non-hydrogen) atoms. The van der Waals surface area contributed by atoms with Crippen molar-refractivity contribution in [1.29, 1.82) is 0 Å². The van der Waals surface area contributed by atoms with Crippen molar-refractivity contribution in [3.8, 4) is 17.1 Å². The van der Waals surface area contributed by atoms with E-state index < -0.39 is 35.6 Å². The van der Waals surface area contributed by atoms with Gasteiger partial charge in [-0.05, 0) is 61.7 Å². The maximum absolute atomic E-state index is 13.7. The molecule has 2 N–H and O–H groups in total. The SMILES string of the molecule is O[C@H]1CCN[C@@H]1c1nc(-c2ccc(OCCCc3ccc(C(F)(F)F)cc3)c(C(F)(F)F)c2)no1. The topological polar surface area (TPSA) is 80.4 Å².